The van der Waals surface area contributed by atoms with Gasteiger partial charge in [0.1, 0.15) is 28.4 Å². The highest BCUT2D eigenvalue weighted by molar-refractivity contribution is 6.14. The van der Waals surface area contributed by atoms with Crippen LogP contribution in [0.4, 0.5) is 0 Å². The first-order chi connectivity index (χ1) is 12.5. The number of aromatic hydroxyl groups is 2. The quantitative estimate of drug-likeness (QED) is 0.651. The summed E-state index contributed by atoms with van der Waals surface area (Å²) in [5.41, 5.74) is 0.0922. The molecule has 1 fully saturated rings. The molecule has 1 aliphatic heterocycles. The van der Waals surface area contributed by atoms with E-state index in [2.05, 4.69) is 0 Å². The number of hydrogen-bond acceptors (Lipinski definition) is 5. The number of rotatable bonds is 3. The number of carbonyl (C=O) groups is 2. The molecule has 5 heteroatoms. The highest BCUT2D eigenvalue weighted by Gasteiger charge is 2.47. The summed E-state index contributed by atoms with van der Waals surface area (Å²) in [4.78, 5) is 24.5. The molecule has 0 saturated heterocycles. The molecule has 1 aliphatic carbocycles. The van der Waals surface area contributed by atoms with Crippen molar-refractivity contribution in [3.05, 3.63) is 52.6 Å². The molecule has 1 heterocycles. The molecule has 2 N–H and O–H groups in total. The zero-order valence-corrected chi connectivity index (χ0v) is 14.5. The van der Waals surface area contributed by atoms with Gasteiger partial charge < -0.3 is 14.9 Å². The van der Waals surface area contributed by atoms with Crippen molar-refractivity contribution in [3.63, 3.8) is 0 Å². The Hall–Kier alpha value is -2.82. The van der Waals surface area contributed by atoms with Gasteiger partial charge in [0.15, 0.2) is 6.29 Å². The van der Waals surface area contributed by atoms with E-state index < -0.39 is 17.1 Å². The fraction of sp³-hybridized carbons (Fsp3) is 0.333. The molecule has 2 aromatic rings. The lowest BCUT2D eigenvalue weighted by Crippen LogP contribution is -2.41. The van der Waals surface area contributed by atoms with Crippen molar-refractivity contribution in [1.29, 1.82) is 0 Å². The minimum Gasteiger partial charge on any atom is -0.507 e. The molecule has 134 valence electrons. The molecule has 1 saturated carbocycles. The van der Waals surface area contributed by atoms with E-state index in [9.17, 15) is 19.8 Å². The fourth-order valence-electron chi connectivity index (χ4n) is 4.27. The maximum atomic E-state index is 13.1. The van der Waals surface area contributed by atoms with E-state index in [0.717, 1.165) is 19.3 Å². The Morgan fingerprint density at radius 1 is 1.23 bits per heavy atom. The number of aldehydes is 1. The number of phenols is 2. The largest absolute Gasteiger partial charge is 0.507 e. The van der Waals surface area contributed by atoms with E-state index in [1.165, 1.54) is 0 Å². The Morgan fingerprint density at radius 2 is 1.96 bits per heavy atom. The van der Waals surface area contributed by atoms with Crippen LogP contribution in [0.5, 0.6) is 17.2 Å². The number of fused-ring (bicyclic) bond motifs is 2. The van der Waals surface area contributed by atoms with Crippen LogP contribution in [0, 0.1) is 5.92 Å². The van der Waals surface area contributed by atoms with Gasteiger partial charge in [-0.1, -0.05) is 30.3 Å². The summed E-state index contributed by atoms with van der Waals surface area (Å²) in [6.45, 7) is 2.01. The van der Waals surface area contributed by atoms with Crippen molar-refractivity contribution in [3.8, 4) is 17.2 Å². The summed E-state index contributed by atoms with van der Waals surface area (Å²) in [6, 6.07) is 8.54. The normalized spacial score (nSPS) is 23.7. The average molecular weight is 352 g/mol. The van der Waals surface area contributed by atoms with Crippen LogP contribution < -0.4 is 4.74 Å². The van der Waals surface area contributed by atoms with Crippen LogP contribution in [-0.2, 0) is 6.42 Å². The summed E-state index contributed by atoms with van der Waals surface area (Å²) in [6.07, 6.45) is 3.73. The van der Waals surface area contributed by atoms with Crippen LogP contribution in [0.3, 0.4) is 0 Å². The van der Waals surface area contributed by atoms with Crippen LogP contribution in [0.25, 0.3) is 0 Å². The maximum absolute atomic E-state index is 13.1. The van der Waals surface area contributed by atoms with Crippen LogP contribution in [-0.4, -0.2) is 27.9 Å². The number of carbonyl (C=O) groups excluding carboxylic acids is 2. The first-order valence-electron chi connectivity index (χ1n) is 8.81. The molecule has 4 rings (SSSR count). The Bertz CT molecular complexity index is 903. The lowest BCUT2D eigenvalue weighted by molar-refractivity contribution is 0.0304. The molecule has 0 radical (unpaired) electrons. The van der Waals surface area contributed by atoms with Crippen molar-refractivity contribution in [2.24, 2.45) is 5.92 Å². The van der Waals surface area contributed by atoms with Gasteiger partial charge >= 0.3 is 0 Å². The van der Waals surface area contributed by atoms with Gasteiger partial charge in [-0.3, -0.25) is 9.59 Å². The van der Waals surface area contributed by atoms with Gasteiger partial charge in [-0.2, -0.15) is 0 Å². The Balaban J connectivity index is 1.96. The summed E-state index contributed by atoms with van der Waals surface area (Å²) < 4.78 is 6.22. The standard InChI is InChI=1S/C21H20O5/c1-21-9-5-8-13(21)10-14-18(24)15(11-22)19(25)16(20(14)26-21)17(23)12-6-3-2-4-7-12/h2-4,6-7,11,13,24-25H,5,8-10H2,1H3. The smallest absolute Gasteiger partial charge is 0.200 e. The molecule has 0 bridgehead atoms. The summed E-state index contributed by atoms with van der Waals surface area (Å²) in [5.74, 6) is -0.816. The van der Waals surface area contributed by atoms with Gasteiger partial charge in [-0.05, 0) is 32.6 Å². The van der Waals surface area contributed by atoms with E-state index in [1.807, 2.05) is 6.92 Å². The number of hydrogen-bond donors (Lipinski definition) is 2. The summed E-state index contributed by atoms with van der Waals surface area (Å²) >= 11 is 0. The van der Waals surface area contributed by atoms with E-state index in [4.69, 9.17) is 4.74 Å². The zero-order valence-electron chi connectivity index (χ0n) is 14.5. The highest BCUT2D eigenvalue weighted by atomic mass is 16.5. The lowest BCUT2D eigenvalue weighted by Gasteiger charge is -2.39. The molecular weight excluding hydrogens is 332 g/mol. The third-order valence-electron chi connectivity index (χ3n) is 5.79. The van der Waals surface area contributed by atoms with E-state index in [-0.39, 0.29) is 28.5 Å². The number of ketones is 1. The number of phenolic OH excluding ortho intramolecular Hbond substituents is 2. The molecule has 0 spiro atoms. The average Bonchev–Trinajstić information content (AvgIpc) is 3.02. The topological polar surface area (TPSA) is 83.8 Å². The van der Waals surface area contributed by atoms with Crippen LogP contribution >= 0.6 is 0 Å². The molecule has 26 heavy (non-hydrogen) atoms. The minimum atomic E-state index is -0.523. The molecule has 2 unspecified atom stereocenters. The van der Waals surface area contributed by atoms with Crippen molar-refractivity contribution in [1.82, 2.24) is 0 Å². The molecule has 0 amide bonds. The van der Waals surface area contributed by atoms with Crippen molar-refractivity contribution in [2.45, 2.75) is 38.2 Å². The molecule has 0 aromatic heterocycles. The van der Waals surface area contributed by atoms with Crippen LogP contribution in [0.1, 0.15) is 58.0 Å². The van der Waals surface area contributed by atoms with E-state index >= 15 is 0 Å². The predicted molar refractivity (Wildman–Crippen MR) is 95.1 cm³/mol. The third-order valence-corrected chi connectivity index (χ3v) is 5.79. The first kappa shape index (κ1) is 16.6. The maximum Gasteiger partial charge on any atom is 0.200 e. The second-order valence-electron chi connectivity index (χ2n) is 7.31. The molecule has 5 nitrogen and oxygen atoms in total. The summed E-state index contributed by atoms with van der Waals surface area (Å²) in [5, 5.41) is 21.1. The molecule has 2 atom stereocenters. The van der Waals surface area contributed by atoms with Gasteiger partial charge in [0.05, 0.1) is 5.56 Å². The summed E-state index contributed by atoms with van der Waals surface area (Å²) in [7, 11) is 0. The van der Waals surface area contributed by atoms with Gasteiger partial charge in [0, 0.05) is 17.0 Å². The minimum absolute atomic E-state index is 0.0438. The van der Waals surface area contributed by atoms with Crippen molar-refractivity contribution >= 4 is 12.1 Å². The van der Waals surface area contributed by atoms with Gasteiger partial charge in [-0.15, -0.1) is 0 Å². The lowest BCUT2D eigenvalue weighted by atomic mass is 9.81. The van der Waals surface area contributed by atoms with E-state index in [0.29, 0.717) is 23.8 Å². The molecule has 2 aliphatic rings. The third kappa shape index (κ3) is 2.30. The van der Waals surface area contributed by atoms with Gasteiger partial charge in [0.2, 0.25) is 5.78 Å². The second kappa shape index (κ2) is 5.87. The van der Waals surface area contributed by atoms with Gasteiger partial charge in [-0.25, -0.2) is 0 Å². The Morgan fingerprint density at radius 3 is 2.65 bits per heavy atom. The SMILES string of the molecule is CC12CCCC1Cc1c(O)c(C=O)c(O)c(C(=O)c3ccccc3)c1O2. The number of benzene rings is 2. The molecular formula is C21H20O5. The number of ether oxygens (including phenoxy) is 1. The van der Waals surface area contributed by atoms with E-state index in [1.54, 1.807) is 30.3 Å². The first-order valence-corrected chi connectivity index (χ1v) is 8.81. The van der Waals surface area contributed by atoms with Crippen LogP contribution in [0.15, 0.2) is 30.3 Å². The second-order valence-corrected chi connectivity index (χ2v) is 7.31. The Labute approximate surface area is 151 Å². The Kier molecular flexibility index (Phi) is 3.75. The van der Waals surface area contributed by atoms with Crippen molar-refractivity contribution < 1.29 is 24.5 Å². The van der Waals surface area contributed by atoms with Crippen LogP contribution in [0.2, 0.25) is 0 Å². The highest BCUT2D eigenvalue weighted by Crippen LogP contribution is 2.53. The van der Waals surface area contributed by atoms with Gasteiger partial charge in [0.25, 0.3) is 0 Å². The fourth-order valence-corrected chi connectivity index (χ4v) is 4.27. The zero-order chi connectivity index (χ0) is 18.5. The van der Waals surface area contributed by atoms with Crippen molar-refractivity contribution in [2.75, 3.05) is 0 Å². The molecule has 2 aromatic carbocycles. The monoisotopic (exact) mass is 352 g/mol. The predicted octanol–water partition coefficient (Wildman–Crippen LogP) is 3.64.